The molecule has 2 aliphatic heterocycles. The maximum absolute atomic E-state index is 6.13. The summed E-state index contributed by atoms with van der Waals surface area (Å²) >= 11 is 0. The minimum atomic E-state index is 0.229. The van der Waals surface area contributed by atoms with Gasteiger partial charge >= 0.3 is 0 Å². The van der Waals surface area contributed by atoms with Crippen molar-refractivity contribution in [2.24, 2.45) is 10.7 Å². The number of aliphatic imine (C=N–C) groups is 1. The standard InChI is InChI=1S/C13H21N5O/c1-10-9-18(6-7-19-10)13(14)16-11-2-4-17-5-3-15-12(17)8-11/h3,5,10-11H,2,4,6-9H2,1H3,(H2,14,16). The second kappa shape index (κ2) is 5.21. The minimum Gasteiger partial charge on any atom is -0.375 e. The molecule has 1 aromatic rings. The van der Waals surface area contributed by atoms with Crippen LogP contribution in [0.1, 0.15) is 19.2 Å². The number of hydrogen-bond donors (Lipinski definition) is 1. The first kappa shape index (κ1) is 12.5. The number of morpholine rings is 1. The third kappa shape index (κ3) is 2.73. The number of imidazole rings is 1. The third-order valence-corrected chi connectivity index (χ3v) is 3.80. The molecule has 3 rings (SSSR count). The molecular formula is C13H21N5O. The van der Waals surface area contributed by atoms with Crippen molar-refractivity contribution in [1.29, 1.82) is 0 Å². The third-order valence-electron chi connectivity index (χ3n) is 3.80. The summed E-state index contributed by atoms with van der Waals surface area (Å²) in [5.41, 5.74) is 6.13. The Kier molecular flexibility index (Phi) is 3.42. The Labute approximate surface area is 113 Å². The quantitative estimate of drug-likeness (QED) is 0.582. The Bertz CT molecular complexity index is 469. The molecule has 2 unspecified atom stereocenters. The van der Waals surface area contributed by atoms with E-state index in [1.165, 1.54) is 0 Å². The predicted molar refractivity (Wildman–Crippen MR) is 72.9 cm³/mol. The number of rotatable bonds is 1. The second-order valence-corrected chi connectivity index (χ2v) is 5.30. The molecule has 0 bridgehead atoms. The fraction of sp³-hybridized carbons (Fsp3) is 0.692. The van der Waals surface area contributed by atoms with Gasteiger partial charge in [-0.1, -0.05) is 0 Å². The summed E-state index contributed by atoms with van der Waals surface area (Å²) in [6.07, 6.45) is 6.03. The van der Waals surface area contributed by atoms with Gasteiger partial charge in [0.15, 0.2) is 5.96 Å². The molecular weight excluding hydrogens is 242 g/mol. The molecule has 0 spiro atoms. The molecule has 3 heterocycles. The fourth-order valence-electron chi connectivity index (χ4n) is 2.74. The van der Waals surface area contributed by atoms with Gasteiger partial charge in [0, 0.05) is 38.4 Å². The van der Waals surface area contributed by atoms with Crippen LogP contribution in [0.2, 0.25) is 0 Å². The van der Waals surface area contributed by atoms with E-state index in [0.717, 1.165) is 44.9 Å². The van der Waals surface area contributed by atoms with Gasteiger partial charge in [0.05, 0.1) is 18.8 Å². The van der Waals surface area contributed by atoms with Gasteiger partial charge in [0.2, 0.25) is 0 Å². The van der Waals surface area contributed by atoms with Crippen LogP contribution in [0, 0.1) is 0 Å². The van der Waals surface area contributed by atoms with Gasteiger partial charge in [-0.3, -0.25) is 0 Å². The van der Waals surface area contributed by atoms with E-state index in [-0.39, 0.29) is 12.1 Å². The van der Waals surface area contributed by atoms with Crippen molar-refractivity contribution in [2.45, 2.75) is 38.5 Å². The van der Waals surface area contributed by atoms with Crippen molar-refractivity contribution < 1.29 is 4.74 Å². The number of aryl methyl sites for hydroxylation is 1. The van der Waals surface area contributed by atoms with Crippen molar-refractivity contribution in [2.75, 3.05) is 19.7 Å². The van der Waals surface area contributed by atoms with Gasteiger partial charge in [-0.05, 0) is 13.3 Å². The zero-order valence-corrected chi connectivity index (χ0v) is 11.3. The van der Waals surface area contributed by atoms with Gasteiger partial charge < -0.3 is 19.9 Å². The monoisotopic (exact) mass is 263 g/mol. The highest BCUT2D eigenvalue weighted by Gasteiger charge is 2.22. The molecule has 2 N–H and O–H groups in total. The average Bonchev–Trinajstić information content (AvgIpc) is 2.86. The molecule has 104 valence electrons. The number of aromatic nitrogens is 2. The summed E-state index contributed by atoms with van der Waals surface area (Å²) in [6.45, 7) is 5.44. The van der Waals surface area contributed by atoms with E-state index < -0.39 is 0 Å². The molecule has 0 saturated carbocycles. The van der Waals surface area contributed by atoms with E-state index in [1.807, 2.05) is 12.4 Å². The molecule has 2 aliphatic rings. The summed E-state index contributed by atoms with van der Waals surface area (Å²) in [6, 6.07) is 0.257. The summed E-state index contributed by atoms with van der Waals surface area (Å²) in [5.74, 6) is 1.77. The van der Waals surface area contributed by atoms with Gasteiger partial charge in [0.1, 0.15) is 5.82 Å². The fourth-order valence-corrected chi connectivity index (χ4v) is 2.74. The molecule has 0 aromatic carbocycles. The molecule has 1 aromatic heterocycles. The highest BCUT2D eigenvalue weighted by Crippen LogP contribution is 2.16. The Morgan fingerprint density at radius 1 is 1.53 bits per heavy atom. The SMILES string of the molecule is CC1CN(C(N)=NC2CCn3ccnc3C2)CCO1. The smallest absolute Gasteiger partial charge is 0.191 e. The summed E-state index contributed by atoms with van der Waals surface area (Å²) in [7, 11) is 0. The second-order valence-electron chi connectivity index (χ2n) is 5.30. The maximum atomic E-state index is 6.13. The zero-order valence-electron chi connectivity index (χ0n) is 11.3. The molecule has 0 amide bonds. The van der Waals surface area contributed by atoms with Crippen molar-refractivity contribution in [3.05, 3.63) is 18.2 Å². The number of nitrogens with two attached hydrogens (primary N) is 1. The van der Waals surface area contributed by atoms with Crippen LogP contribution in [-0.2, 0) is 17.7 Å². The van der Waals surface area contributed by atoms with Crippen LogP contribution in [0.25, 0.3) is 0 Å². The molecule has 6 heteroatoms. The summed E-state index contributed by atoms with van der Waals surface area (Å²) in [5, 5.41) is 0. The molecule has 19 heavy (non-hydrogen) atoms. The molecule has 2 atom stereocenters. The highest BCUT2D eigenvalue weighted by atomic mass is 16.5. The van der Waals surface area contributed by atoms with Crippen molar-refractivity contribution in [1.82, 2.24) is 14.5 Å². The van der Waals surface area contributed by atoms with Gasteiger partial charge in [-0.15, -0.1) is 0 Å². The topological polar surface area (TPSA) is 68.7 Å². The Morgan fingerprint density at radius 3 is 3.26 bits per heavy atom. The molecule has 0 radical (unpaired) electrons. The largest absolute Gasteiger partial charge is 0.375 e. The first-order valence-electron chi connectivity index (χ1n) is 6.92. The van der Waals surface area contributed by atoms with Crippen LogP contribution >= 0.6 is 0 Å². The maximum Gasteiger partial charge on any atom is 0.191 e. The van der Waals surface area contributed by atoms with Crippen molar-refractivity contribution in [3.8, 4) is 0 Å². The number of guanidine groups is 1. The molecule has 0 aliphatic carbocycles. The predicted octanol–water partition coefficient (Wildman–Crippen LogP) is 0.233. The van der Waals surface area contributed by atoms with E-state index in [0.29, 0.717) is 5.96 Å². The lowest BCUT2D eigenvalue weighted by atomic mass is 10.1. The van der Waals surface area contributed by atoms with E-state index in [1.54, 1.807) is 0 Å². The zero-order chi connectivity index (χ0) is 13.2. The van der Waals surface area contributed by atoms with Gasteiger partial charge in [0.25, 0.3) is 0 Å². The van der Waals surface area contributed by atoms with Crippen molar-refractivity contribution >= 4 is 5.96 Å². The van der Waals surface area contributed by atoms with E-state index in [9.17, 15) is 0 Å². The Balaban J connectivity index is 1.65. The van der Waals surface area contributed by atoms with E-state index >= 15 is 0 Å². The van der Waals surface area contributed by atoms with Gasteiger partial charge in [-0.25, -0.2) is 9.98 Å². The first-order valence-corrected chi connectivity index (χ1v) is 6.92. The molecule has 1 fully saturated rings. The number of ether oxygens (including phenoxy) is 1. The van der Waals surface area contributed by atoms with Crippen LogP contribution in [0.4, 0.5) is 0 Å². The number of hydrogen-bond acceptors (Lipinski definition) is 3. The van der Waals surface area contributed by atoms with Crippen LogP contribution in [0.3, 0.4) is 0 Å². The first-order chi connectivity index (χ1) is 9.22. The average molecular weight is 263 g/mol. The summed E-state index contributed by atoms with van der Waals surface area (Å²) in [4.78, 5) is 11.2. The lowest BCUT2D eigenvalue weighted by molar-refractivity contribution is 0.00520. The molecule has 1 saturated heterocycles. The lowest BCUT2D eigenvalue weighted by Crippen LogP contribution is -2.48. The van der Waals surface area contributed by atoms with E-state index in [2.05, 4.69) is 26.4 Å². The van der Waals surface area contributed by atoms with Crippen molar-refractivity contribution in [3.63, 3.8) is 0 Å². The van der Waals surface area contributed by atoms with Crippen LogP contribution in [-0.4, -0.2) is 52.3 Å². The van der Waals surface area contributed by atoms with Crippen LogP contribution in [0.5, 0.6) is 0 Å². The lowest BCUT2D eigenvalue weighted by Gasteiger charge is -2.32. The van der Waals surface area contributed by atoms with Crippen LogP contribution in [0.15, 0.2) is 17.4 Å². The Morgan fingerprint density at radius 2 is 2.42 bits per heavy atom. The highest BCUT2D eigenvalue weighted by molar-refractivity contribution is 5.78. The molecule has 6 nitrogen and oxygen atoms in total. The Hall–Kier alpha value is -1.56. The minimum absolute atomic E-state index is 0.229. The summed E-state index contributed by atoms with van der Waals surface area (Å²) < 4.78 is 7.71. The van der Waals surface area contributed by atoms with E-state index in [4.69, 9.17) is 10.5 Å². The van der Waals surface area contributed by atoms with Gasteiger partial charge in [-0.2, -0.15) is 0 Å². The van der Waals surface area contributed by atoms with Crippen LogP contribution < -0.4 is 5.73 Å². The number of fused-ring (bicyclic) bond motifs is 1. The number of nitrogens with zero attached hydrogens (tertiary/aromatic N) is 4. The normalized spacial score (nSPS) is 28.3.